The molecular formula is C16H17Cl2NO. The van der Waals surface area contributed by atoms with Gasteiger partial charge in [0, 0.05) is 13.1 Å². The van der Waals surface area contributed by atoms with Crippen LogP contribution in [0, 0.1) is 6.92 Å². The first-order valence-corrected chi connectivity index (χ1v) is 7.25. The third kappa shape index (κ3) is 4.71. The molecule has 0 aromatic heterocycles. The number of ether oxygens (including phenoxy) is 1. The molecule has 0 amide bonds. The van der Waals surface area contributed by atoms with Crippen molar-refractivity contribution in [1.29, 1.82) is 0 Å². The van der Waals surface area contributed by atoms with Crippen molar-refractivity contribution in [2.24, 2.45) is 0 Å². The Kier molecular flexibility index (Phi) is 5.72. The highest BCUT2D eigenvalue weighted by Gasteiger charge is 1.99. The first kappa shape index (κ1) is 15.2. The summed E-state index contributed by atoms with van der Waals surface area (Å²) < 4.78 is 5.66. The fraction of sp³-hybridized carbons (Fsp3) is 0.250. The van der Waals surface area contributed by atoms with Crippen molar-refractivity contribution in [2.45, 2.75) is 13.5 Å². The minimum Gasteiger partial charge on any atom is -0.492 e. The Morgan fingerprint density at radius 1 is 1.05 bits per heavy atom. The van der Waals surface area contributed by atoms with Crippen molar-refractivity contribution >= 4 is 23.2 Å². The SMILES string of the molecule is Cc1cccc(OCCNCc2ccc(Cl)c(Cl)c2)c1. The fourth-order valence-corrected chi connectivity index (χ4v) is 2.15. The summed E-state index contributed by atoms with van der Waals surface area (Å²) in [6, 6.07) is 13.7. The largest absolute Gasteiger partial charge is 0.492 e. The molecule has 0 aliphatic heterocycles. The van der Waals surface area contributed by atoms with Crippen LogP contribution in [0.15, 0.2) is 42.5 Å². The van der Waals surface area contributed by atoms with Gasteiger partial charge in [0.15, 0.2) is 0 Å². The van der Waals surface area contributed by atoms with Crippen LogP contribution in [0.4, 0.5) is 0 Å². The van der Waals surface area contributed by atoms with Gasteiger partial charge < -0.3 is 10.1 Å². The van der Waals surface area contributed by atoms with E-state index in [0.29, 0.717) is 16.7 Å². The van der Waals surface area contributed by atoms with E-state index in [1.54, 1.807) is 0 Å². The molecule has 0 aliphatic carbocycles. The average Bonchev–Trinajstić information content (AvgIpc) is 2.42. The van der Waals surface area contributed by atoms with Crippen LogP contribution < -0.4 is 10.1 Å². The predicted octanol–water partition coefficient (Wildman–Crippen LogP) is 4.47. The normalized spacial score (nSPS) is 10.6. The number of hydrogen-bond donors (Lipinski definition) is 1. The van der Waals surface area contributed by atoms with Gasteiger partial charge in [0.2, 0.25) is 0 Å². The Balaban J connectivity index is 1.70. The lowest BCUT2D eigenvalue weighted by atomic mass is 10.2. The van der Waals surface area contributed by atoms with Crippen LogP contribution in [0.5, 0.6) is 5.75 Å². The topological polar surface area (TPSA) is 21.3 Å². The highest BCUT2D eigenvalue weighted by atomic mass is 35.5. The highest BCUT2D eigenvalue weighted by Crippen LogP contribution is 2.22. The standard InChI is InChI=1S/C16H17Cl2NO/c1-12-3-2-4-14(9-12)20-8-7-19-11-13-5-6-15(17)16(18)10-13/h2-6,9-10,19H,7-8,11H2,1H3. The van der Waals surface area contributed by atoms with Gasteiger partial charge in [-0.15, -0.1) is 0 Å². The van der Waals surface area contributed by atoms with Crippen molar-refractivity contribution in [3.05, 3.63) is 63.6 Å². The Morgan fingerprint density at radius 2 is 1.90 bits per heavy atom. The monoisotopic (exact) mass is 309 g/mol. The van der Waals surface area contributed by atoms with Gasteiger partial charge in [-0.05, 0) is 42.3 Å². The van der Waals surface area contributed by atoms with Crippen LogP contribution in [0.2, 0.25) is 10.0 Å². The number of nitrogens with one attached hydrogen (secondary N) is 1. The lowest BCUT2D eigenvalue weighted by Gasteiger charge is -2.08. The zero-order valence-electron chi connectivity index (χ0n) is 11.3. The van der Waals surface area contributed by atoms with Gasteiger partial charge in [-0.3, -0.25) is 0 Å². The van der Waals surface area contributed by atoms with E-state index in [2.05, 4.69) is 18.3 Å². The van der Waals surface area contributed by atoms with Gasteiger partial charge in [0.1, 0.15) is 12.4 Å². The minimum atomic E-state index is 0.582. The van der Waals surface area contributed by atoms with Crippen LogP contribution in [0.25, 0.3) is 0 Å². The van der Waals surface area contributed by atoms with E-state index < -0.39 is 0 Å². The zero-order chi connectivity index (χ0) is 14.4. The van der Waals surface area contributed by atoms with Crippen molar-refractivity contribution in [3.63, 3.8) is 0 Å². The van der Waals surface area contributed by atoms with E-state index >= 15 is 0 Å². The molecule has 20 heavy (non-hydrogen) atoms. The van der Waals surface area contributed by atoms with E-state index in [1.807, 2.05) is 36.4 Å². The Labute approximate surface area is 129 Å². The first-order valence-electron chi connectivity index (χ1n) is 6.49. The molecule has 0 bridgehead atoms. The maximum absolute atomic E-state index is 5.96. The van der Waals surface area contributed by atoms with E-state index in [1.165, 1.54) is 5.56 Å². The summed E-state index contributed by atoms with van der Waals surface area (Å²) in [4.78, 5) is 0. The second-order valence-corrected chi connectivity index (χ2v) is 5.40. The van der Waals surface area contributed by atoms with E-state index in [4.69, 9.17) is 27.9 Å². The molecule has 2 aromatic rings. The number of benzene rings is 2. The first-order chi connectivity index (χ1) is 9.65. The molecule has 2 nitrogen and oxygen atoms in total. The van der Waals surface area contributed by atoms with E-state index in [-0.39, 0.29) is 0 Å². The summed E-state index contributed by atoms with van der Waals surface area (Å²) in [5, 5.41) is 4.47. The molecule has 2 rings (SSSR count). The van der Waals surface area contributed by atoms with Gasteiger partial charge in [-0.2, -0.15) is 0 Å². The molecule has 0 saturated carbocycles. The summed E-state index contributed by atoms with van der Waals surface area (Å²) in [5.74, 6) is 0.904. The van der Waals surface area contributed by atoms with Crippen molar-refractivity contribution < 1.29 is 4.74 Å². The number of rotatable bonds is 6. The van der Waals surface area contributed by atoms with Gasteiger partial charge in [0.25, 0.3) is 0 Å². The second-order valence-electron chi connectivity index (χ2n) is 4.59. The smallest absolute Gasteiger partial charge is 0.119 e. The quantitative estimate of drug-likeness (QED) is 0.795. The fourth-order valence-electron chi connectivity index (χ4n) is 1.83. The summed E-state index contributed by atoms with van der Waals surface area (Å²) >= 11 is 11.8. The molecule has 0 heterocycles. The second kappa shape index (κ2) is 7.53. The van der Waals surface area contributed by atoms with E-state index in [9.17, 15) is 0 Å². The summed E-state index contributed by atoms with van der Waals surface area (Å²) in [6.07, 6.45) is 0. The van der Waals surface area contributed by atoms with Gasteiger partial charge >= 0.3 is 0 Å². The Bertz CT molecular complexity index is 572. The molecule has 106 valence electrons. The highest BCUT2D eigenvalue weighted by molar-refractivity contribution is 6.42. The molecule has 2 aromatic carbocycles. The molecule has 0 atom stereocenters. The molecule has 0 spiro atoms. The van der Waals surface area contributed by atoms with Crippen molar-refractivity contribution in [1.82, 2.24) is 5.32 Å². The van der Waals surface area contributed by atoms with Crippen molar-refractivity contribution in [2.75, 3.05) is 13.2 Å². The maximum atomic E-state index is 5.96. The lowest BCUT2D eigenvalue weighted by molar-refractivity contribution is 0.313. The van der Waals surface area contributed by atoms with Crippen molar-refractivity contribution in [3.8, 4) is 5.75 Å². The van der Waals surface area contributed by atoms with Crippen LogP contribution >= 0.6 is 23.2 Å². The third-order valence-electron chi connectivity index (χ3n) is 2.85. The molecule has 1 N–H and O–H groups in total. The number of hydrogen-bond acceptors (Lipinski definition) is 2. The average molecular weight is 310 g/mol. The molecule has 0 unspecified atom stereocenters. The zero-order valence-corrected chi connectivity index (χ0v) is 12.8. The maximum Gasteiger partial charge on any atom is 0.119 e. The minimum absolute atomic E-state index is 0.582. The summed E-state index contributed by atoms with van der Waals surface area (Å²) in [6.45, 7) is 4.20. The van der Waals surface area contributed by atoms with Crippen LogP contribution in [-0.2, 0) is 6.54 Å². The molecule has 4 heteroatoms. The third-order valence-corrected chi connectivity index (χ3v) is 3.59. The predicted molar refractivity (Wildman–Crippen MR) is 84.8 cm³/mol. The summed E-state index contributed by atoms with van der Waals surface area (Å²) in [7, 11) is 0. The van der Waals surface area contributed by atoms with Crippen LogP contribution in [0.1, 0.15) is 11.1 Å². The van der Waals surface area contributed by atoms with Gasteiger partial charge in [-0.1, -0.05) is 41.4 Å². The van der Waals surface area contributed by atoms with Gasteiger partial charge in [0.05, 0.1) is 10.0 Å². The Hall–Kier alpha value is -1.22. The van der Waals surface area contributed by atoms with E-state index in [0.717, 1.165) is 24.4 Å². The number of aryl methyl sites for hydroxylation is 1. The molecule has 0 radical (unpaired) electrons. The molecule has 0 aliphatic rings. The van der Waals surface area contributed by atoms with Crippen LogP contribution in [0.3, 0.4) is 0 Å². The molecule has 0 fully saturated rings. The molecule has 0 saturated heterocycles. The Morgan fingerprint density at radius 3 is 2.65 bits per heavy atom. The summed E-state index contributed by atoms with van der Waals surface area (Å²) in [5.41, 5.74) is 2.31. The number of halogens is 2. The molecular weight excluding hydrogens is 293 g/mol. The van der Waals surface area contributed by atoms with Crippen LogP contribution in [-0.4, -0.2) is 13.2 Å². The lowest BCUT2D eigenvalue weighted by Crippen LogP contribution is -2.20. The van der Waals surface area contributed by atoms with Gasteiger partial charge in [-0.25, -0.2) is 0 Å².